The van der Waals surface area contributed by atoms with Gasteiger partial charge in [-0.05, 0) is 60.2 Å². The number of nitrogens with two attached hydrogens (primary N) is 2. The Morgan fingerprint density at radius 1 is 0.929 bits per heavy atom. The Labute approximate surface area is 167 Å². The maximum absolute atomic E-state index is 10.5. The van der Waals surface area contributed by atoms with Gasteiger partial charge >= 0.3 is 0 Å². The van der Waals surface area contributed by atoms with Crippen molar-refractivity contribution in [3.05, 3.63) is 95.1 Å². The maximum Gasteiger partial charge on any atom is 0.0866 e. The smallest absolute Gasteiger partial charge is 0.0866 e. The van der Waals surface area contributed by atoms with E-state index in [1.165, 1.54) is 16.7 Å². The van der Waals surface area contributed by atoms with Crippen molar-refractivity contribution in [3.8, 4) is 0 Å². The van der Waals surface area contributed by atoms with E-state index in [4.69, 9.17) is 11.5 Å². The first-order valence-corrected chi connectivity index (χ1v) is 9.67. The summed E-state index contributed by atoms with van der Waals surface area (Å²) >= 11 is 0. The Kier molecular flexibility index (Phi) is 6.69. The molecule has 3 rings (SSSR count). The Morgan fingerprint density at radius 3 is 2.39 bits per heavy atom. The quantitative estimate of drug-likeness (QED) is 0.454. The maximum atomic E-state index is 10.5. The van der Waals surface area contributed by atoms with Gasteiger partial charge in [0.1, 0.15) is 0 Å². The number of hydrogen-bond acceptors (Lipinski definition) is 4. The molecule has 0 amide bonds. The molecule has 0 unspecified atom stereocenters. The topological polar surface area (TPSA) is 84.3 Å². The highest BCUT2D eigenvalue weighted by Crippen LogP contribution is 2.24. The van der Waals surface area contributed by atoms with Crippen molar-refractivity contribution in [3.63, 3.8) is 0 Å². The molecule has 0 spiro atoms. The second-order valence-corrected chi connectivity index (χ2v) is 7.32. The van der Waals surface area contributed by atoms with Gasteiger partial charge < -0.3 is 21.9 Å². The van der Waals surface area contributed by atoms with Crippen molar-refractivity contribution in [2.24, 2.45) is 5.73 Å². The number of aliphatic hydroxyl groups excluding tert-OH is 1. The van der Waals surface area contributed by atoms with Crippen molar-refractivity contribution in [1.82, 2.24) is 0 Å². The molecule has 0 aliphatic rings. The molecule has 0 heterocycles. The van der Waals surface area contributed by atoms with E-state index in [1.807, 2.05) is 60.7 Å². The zero-order valence-corrected chi connectivity index (χ0v) is 16.3. The van der Waals surface area contributed by atoms with Crippen molar-refractivity contribution in [2.75, 3.05) is 17.6 Å². The molecule has 0 aliphatic heterocycles. The van der Waals surface area contributed by atoms with Gasteiger partial charge in [-0.3, -0.25) is 0 Å². The van der Waals surface area contributed by atoms with Crippen LogP contribution in [0.4, 0.5) is 11.4 Å². The molecule has 0 saturated carbocycles. The van der Waals surface area contributed by atoms with E-state index in [0.29, 0.717) is 13.0 Å². The summed E-state index contributed by atoms with van der Waals surface area (Å²) < 4.78 is 0. The number of hydrogen-bond donors (Lipinski definition) is 4. The SMILES string of the molecule is Cc1cccc(NC[C@@H](O)[C@@H](N)Cc2ccccc2)c1Cc1cccc(N)c1. The summed E-state index contributed by atoms with van der Waals surface area (Å²) in [5.74, 6) is 0. The summed E-state index contributed by atoms with van der Waals surface area (Å²) in [7, 11) is 0. The van der Waals surface area contributed by atoms with Gasteiger partial charge in [-0.25, -0.2) is 0 Å². The van der Waals surface area contributed by atoms with Crippen molar-refractivity contribution >= 4 is 11.4 Å². The zero-order chi connectivity index (χ0) is 19.9. The van der Waals surface area contributed by atoms with Crippen molar-refractivity contribution < 1.29 is 5.11 Å². The molecule has 4 heteroatoms. The van der Waals surface area contributed by atoms with Crippen LogP contribution in [0.5, 0.6) is 0 Å². The first kappa shape index (κ1) is 19.9. The molecule has 3 aromatic carbocycles. The molecule has 0 saturated heterocycles. The third kappa shape index (κ3) is 5.35. The number of nitrogens with one attached hydrogen (secondary N) is 1. The number of aliphatic hydroxyl groups is 1. The van der Waals surface area contributed by atoms with E-state index < -0.39 is 6.10 Å². The molecule has 0 radical (unpaired) electrons. The highest BCUT2D eigenvalue weighted by atomic mass is 16.3. The van der Waals surface area contributed by atoms with Crippen LogP contribution in [0.1, 0.15) is 22.3 Å². The monoisotopic (exact) mass is 375 g/mol. The normalized spacial score (nSPS) is 13.1. The zero-order valence-electron chi connectivity index (χ0n) is 16.3. The Bertz CT molecular complexity index is 895. The highest BCUT2D eigenvalue weighted by molar-refractivity contribution is 5.57. The molecule has 0 bridgehead atoms. The number of rotatable bonds is 8. The van der Waals surface area contributed by atoms with Gasteiger partial charge in [0, 0.05) is 24.0 Å². The van der Waals surface area contributed by atoms with Gasteiger partial charge in [0.15, 0.2) is 0 Å². The minimum atomic E-state index is -0.638. The predicted octanol–water partition coefficient (Wildman–Crippen LogP) is 3.51. The summed E-state index contributed by atoms with van der Waals surface area (Å²) in [6.45, 7) is 2.51. The highest BCUT2D eigenvalue weighted by Gasteiger charge is 2.16. The minimum Gasteiger partial charge on any atom is -0.399 e. The second-order valence-electron chi connectivity index (χ2n) is 7.32. The Balaban J connectivity index is 1.66. The lowest BCUT2D eigenvalue weighted by Crippen LogP contribution is -2.41. The van der Waals surface area contributed by atoms with E-state index in [0.717, 1.165) is 23.4 Å². The Morgan fingerprint density at radius 2 is 1.64 bits per heavy atom. The first-order valence-electron chi connectivity index (χ1n) is 9.67. The molecule has 146 valence electrons. The van der Waals surface area contributed by atoms with Crippen LogP contribution in [0, 0.1) is 6.92 Å². The van der Waals surface area contributed by atoms with Crippen LogP contribution < -0.4 is 16.8 Å². The summed E-state index contributed by atoms with van der Waals surface area (Å²) in [5.41, 5.74) is 18.6. The van der Waals surface area contributed by atoms with Crippen LogP contribution in [0.3, 0.4) is 0 Å². The van der Waals surface area contributed by atoms with E-state index >= 15 is 0 Å². The summed E-state index contributed by atoms with van der Waals surface area (Å²) in [4.78, 5) is 0. The fourth-order valence-electron chi connectivity index (χ4n) is 3.40. The number of nitrogen functional groups attached to an aromatic ring is 1. The first-order chi connectivity index (χ1) is 13.5. The molecule has 0 aromatic heterocycles. The lowest BCUT2D eigenvalue weighted by molar-refractivity contribution is 0.156. The van der Waals surface area contributed by atoms with Gasteiger partial charge in [0.25, 0.3) is 0 Å². The van der Waals surface area contributed by atoms with E-state index in [-0.39, 0.29) is 6.04 Å². The molecule has 0 aliphatic carbocycles. The number of aryl methyl sites for hydroxylation is 1. The molecule has 2 atom stereocenters. The van der Waals surface area contributed by atoms with Gasteiger partial charge in [0.2, 0.25) is 0 Å². The summed E-state index contributed by atoms with van der Waals surface area (Å²) in [6, 6.07) is 23.8. The van der Waals surface area contributed by atoms with Crippen molar-refractivity contribution in [1.29, 1.82) is 0 Å². The largest absolute Gasteiger partial charge is 0.399 e. The molecular formula is C24H29N3O. The standard InChI is InChI=1S/C24H29N3O/c1-17-7-5-12-23(21(17)14-19-10-6-11-20(25)13-19)27-16-24(28)22(26)15-18-8-3-2-4-9-18/h2-13,22,24,27-28H,14-16,25-26H2,1H3/t22-,24+/m0/s1. The lowest BCUT2D eigenvalue weighted by Gasteiger charge is -2.22. The van der Waals surface area contributed by atoms with Crippen LogP contribution in [-0.2, 0) is 12.8 Å². The average Bonchev–Trinajstić information content (AvgIpc) is 2.69. The van der Waals surface area contributed by atoms with Crippen LogP contribution in [-0.4, -0.2) is 23.8 Å². The minimum absolute atomic E-state index is 0.322. The van der Waals surface area contributed by atoms with E-state index in [9.17, 15) is 5.11 Å². The van der Waals surface area contributed by atoms with E-state index in [1.54, 1.807) is 0 Å². The van der Waals surface area contributed by atoms with Gasteiger partial charge in [-0.2, -0.15) is 0 Å². The molecule has 0 fully saturated rings. The number of benzene rings is 3. The lowest BCUT2D eigenvalue weighted by atomic mass is 9.97. The van der Waals surface area contributed by atoms with E-state index in [2.05, 4.69) is 24.4 Å². The summed E-state index contributed by atoms with van der Waals surface area (Å²) in [5, 5.41) is 13.9. The predicted molar refractivity (Wildman–Crippen MR) is 117 cm³/mol. The average molecular weight is 376 g/mol. The van der Waals surface area contributed by atoms with Gasteiger partial charge in [-0.15, -0.1) is 0 Å². The molecule has 6 N–H and O–H groups in total. The fourth-order valence-corrected chi connectivity index (χ4v) is 3.40. The Hall–Kier alpha value is -2.82. The summed E-state index contributed by atoms with van der Waals surface area (Å²) in [6.07, 6.45) is 0.792. The fraction of sp³-hybridized carbons (Fsp3) is 0.250. The van der Waals surface area contributed by atoms with Gasteiger partial charge in [0.05, 0.1) is 6.10 Å². The van der Waals surface area contributed by atoms with Crippen LogP contribution >= 0.6 is 0 Å². The van der Waals surface area contributed by atoms with Crippen LogP contribution in [0.25, 0.3) is 0 Å². The molecule has 28 heavy (non-hydrogen) atoms. The van der Waals surface area contributed by atoms with Crippen LogP contribution in [0.2, 0.25) is 0 Å². The molecular weight excluding hydrogens is 346 g/mol. The van der Waals surface area contributed by atoms with Crippen LogP contribution in [0.15, 0.2) is 72.8 Å². The third-order valence-corrected chi connectivity index (χ3v) is 5.05. The molecule has 4 nitrogen and oxygen atoms in total. The third-order valence-electron chi connectivity index (χ3n) is 5.05. The molecule has 3 aromatic rings. The number of anilines is 2. The second kappa shape index (κ2) is 9.40. The van der Waals surface area contributed by atoms with Gasteiger partial charge in [-0.1, -0.05) is 54.6 Å². The van der Waals surface area contributed by atoms with Crippen molar-refractivity contribution in [2.45, 2.75) is 31.9 Å².